The predicted octanol–water partition coefficient (Wildman–Crippen LogP) is 7.87. The first kappa shape index (κ1) is 36.3. The predicted molar refractivity (Wildman–Crippen MR) is 170 cm³/mol. The van der Waals surface area contributed by atoms with E-state index < -0.39 is 19.3 Å². The summed E-state index contributed by atoms with van der Waals surface area (Å²) in [5, 5.41) is 0. The number of imidazole rings is 1. The summed E-state index contributed by atoms with van der Waals surface area (Å²) in [7, 11) is -3.84. The summed E-state index contributed by atoms with van der Waals surface area (Å²) in [6.07, 6.45) is 10.4. The van der Waals surface area contributed by atoms with Gasteiger partial charge in [0.15, 0.2) is 11.5 Å². The van der Waals surface area contributed by atoms with E-state index in [1.807, 2.05) is 0 Å². The highest BCUT2D eigenvalue weighted by Crippen LogP contribution is 2.42. The van der Waals surface area contributed by atoms with Crippen LogP contribution >= 0.6 is 19.4 Å². The number of halogens is 3. The summed E-state index contributed by atoms with van der Waals surface area (Å²) < 4.78 is 62.7. The molecule has 44 heavy (non-hydrogen) atoms. The van der Waals surface area contributed by atoms with Crippen molar-refractivity contribution in [2.24, 2.45) is 0 Å². The van der Waals surface area contributed by atoms with Crippen LogP contribution in [0.1, 0.15) is 82.3 Å². The molecule has 0 saturated heterocycles. The van der Waals surface area contributed by atoms with Gasteiger partial charge in [0, 0.05) is 5.75 Å². The molecule has 0 aliphatic heterocycles. The molecular formula is C30H45F3N5O4PS. The zero-order valence-corrected chi connectivity index (χ0v) is 27.1. The number of aryl methyl sites for hydroxylation is 1. The zero-order valence-electron chi connectivity index (χ0n) is 25.4. The van der Waals surface area contributed by atoms with Gasteiger partial charge in [0.05, 0.1) is 31.1 Å². The van der Waals surface area contributed by atoms with E-state index in [0.717, 1.165) is 37.0 Å². The second-order valence-corrected chi connectivity index (χ2v) is 14.0. The van der Waals surface area contributed by atoms with Crippen LogP contribution in [-0.2, 0) is 33.0 Å². The molecule has 0 amide bonds. The number of benzene rings is 1. The Balaban J connectivity index is 1.09. The number of nitrogens with zero attached hydrogens (tertiary/aromatic N) is 4. The Morgan fingerprint density at radius 1 is 0.955 bits per heavy atom. The zero-order chi connectivity index (χ0) is 31.8. The molecule has 0 spiro atoms. The lowest BCUT2D eigenvalue weighted by Crippen LogP contribution is -2.17. The van der Waals surface area contributed by atoms with Crippen molar-refractivity contribution in [3.63, 3.8) is 0 Å². The minimum atomic E-state index is -4.27. The van der Waals surface area contributed by atoms with Crippen molar-refractivity contribution in [2.45, 2.75) is 96.4 Å². The van der Waals surface area contributed by atoms with Gasteiger partial charge in [0.25, 0.3) is 0 Å². The lowest BCUT2D eigenvalue weighted by Gasteiger charge is -2.17. The lowest BCUT2D eigenvalue weighted by molar-refractivity contribution is -0.137. The summed E-state index contributed by atoms with van der Waals surface area (Å²) >= 11 is 1.72. The Bertz CT molecular complexity index is 1300. The molecule has 1 unspecified atom stereocenters. The number of thioether (sulfide) groups is 1. The van der Waals surface area contributed by atoms with Gasteiger partial charge in [-0.3, -0.25) is 4.57 Å². The minimum absolute atomic E-state index is 0.197. The maximum absolute atomic E-state index is 12.6. The van der Waals surface area contributed by atoms with Gasteiger partial charge in [-0.2, -0.15) is 24.9 Å². The number of fused-ring (bicyclic) bond motifs is 1. The van der Waals surface area contributed by atoms with E-state index in [1.54, 1.807) is 41.7 Å². The van der Waals surface area contributed by atoms with Crippen LogP contribution in [0.4, 0.5) is 19.0 Å². The normalized spacial score (nSPS) is 14.2. The highest BCUT2D eigenvalue weighted by molar-refractivity contribution is 7.99. The topological polar surface area (TPSA) is 125 Å². The molecule has 2 heterocycles. The van der Waals surface area contributed by atoms with Crippen LogP contribution in [0.25, 0.3) is 11.2 Å². The maximum Gasteiger partial charge on any atom is 0.416 e. The Labute approximate surface area is 262 Å². The van der Waals surface area contributed by atoms with Gasteiger partial charge >= 0.3 is 13.8 Å². The molecule has 0 radical (unpaired) electrons. The van der Waals surface area contributed by atoms with E-state index in [2.05, 4.69) is 15.0 Å². The fourth-order valence-corrected chi connectivity index (χ4v) is 6.60. The summed E-state index contributed by atoms with van der Waals surface area (Å²) in [5.41, 5.74) is 7.27. The Hall–Kier alpha value is -2.18. The van der Waals surface area contributed by atoms with Crippen LogP contribution in [0.15, 0.2) is 36.9 Å². The van der Waals surface area contributed by atoms with Crippen LogP contribution in [0.5, 0.6) is 0 Å². The molecule has 1 aromatic carbocycles. The van der Waals surface area contributed by atoms with Crippen LogP contribution in [0, 0.1) is 0 Å². The van der Waals surface area contributed by atoms with Gasteiger partial charge in [-0.15, -0.1) is 0 Å². The third kappa shape index (κ3) is 13.4. The van der Waals surface area contributed by atoms with Gasteiger partial charge < -0.3 is 24.5 Å². The van der Waals surface area contributed by atoms with Crippen LogP contribution < -0.4 is 5.73 Å². The second-order valence-electron chi connectivity index (χ2n) is 11.0. The summed E-state index contributed by atoms with van der Waals surface area (Å²) in [4.78, 5) is 22.4. The lowest BCUT2D eigenvalue weighted by atomic mass is 10.0. The van der Waals surface area contributed by atoms with E-state index in [1.165, 1.54) is 63.4 Å². The molecular weight excluding hydrogens is 614 g/mol. The Kier molecular flexibility index (Phi) is 15.4. The molecule has 3 rings (SSSR count). The number of unbranched alkanes of at least 4 members (excludes halogenated alkanes) is 9. The number of rotatable bonds is 22. The van der Waals surface area contributed by atoms with Crippen molar-refractivity contribution >= 4 is 36.3 Å². The van der Waals surface area contributed by atoms with Gasteiger partial charge in [0.1, 0.15) is 18.2 Å². The number of nitrogens with two attached hydrogens (primary N) is 1. The molecule has 14 heteroatoms. The average Bonchev–Trinajstić information content (AvgIpc) is 3.39. The van der Waals surface area contributed by atoms with Crippen molar-refractivity contribution in [3.05, 3.63) is 48.0 Å². The molecule has 0 saturated carbocycles. The number of anilines is 1. The molecule has 9 nitrogen and oxygen atoms in total. The second kappa shape index (κ2) is 18.7. The smallest absolute Gasteiger partial charge is 0.382 e. The Morgan fingerprint density at radius 2 is 1.59 bits per heavy atom. The third-order valence-electron chi connectivity index (χ3n) is 7.21. The van der Waals surface area contributed by atoms with Crippen molar-refractivity contribution in [1.82, 2.24) is 19.5 Å². The molecule has 0 fully saturated rings. The van der Waals surface area contributed by atoms with Crippen LogP contribution in [0.2, 0.25) is 0 Å². The number of hydrogen-bond donors (Lipinski definition) is 2. The monoisotopic (exact) mass is 659 g/mol. The number of nitrogen functional groups attached to an aromatic ring is 1. The molecule has 2 atom stereocenters. The van der Waals surface area contributed by atoms with Crippen molar-refractivity contribution in [1.29, 1.82) is 0 Å². The van der Waals surface area contributed by atoms with Gasteiger partial charge in [-0.25, -0.2) is 15.0 Å². The van der Waals surface area contributed by atoms with E-state index in [9.17, 15) is 22.6 Å². The SMILES string of the molecule is C[C@H](Cn1cnc2c(N)ncnc21)OCP(=O)(O)OCCSCCCCCCCCCCCCc1ccc(C(F)(F)F)cc1. The molecule has 3 aromatic rings. The first-order chi connectivity index (χ1) is 21.0. The van der Waals surface area contributed by atoms with Crippen LogP contribution in [-0.4, -0.2) is 55.0 Å². The number of ether oxygens (including phenoxy) is 1. The summed E-state index contributed by atoms with van der Waals surface area (Å²) in [5.74, 6) is 1.95. The average molecular weight is 660 g/mol. The first-order valence-corrected chi connectivity index (χ1v) is 18.2. The van der Waals surface area contributed by atoms with E-state index in [0.29, 0.717) is 29.3 Å². The van der Waals surface area contributed by atoms with Gasteiger partial charge in [-0.05, 0) is 49.6 Å². The number of hydrogen-bond acceptors (Lipinski definition) is 8. The quantitative estimate of drug-likeness (QED) is 0.0819. The summed E-state index contributed by atoms with van der Waals surface area (Å²) in [6, 6.07) is 5.50. The fraction of sp³-hybridized carbons (Fsp3) is 0.633. The van der Waals surface area contributed by atoms with Gasteiger partial charge in [-0.1, -0.05) is 63.5 Å². The minimum Gasteiger partial charge on any atom is -0.382 e. The molecule has 0 aliphatic carbocycles. The summed E-state index contributed by atoms with van der Waals surface area (Å²) in [6.45, 7) is 2.38. The Morgan fingerprint density at radius 3 is 2.25 bits per heavy atom. The van der Waals surface area contributed by atoms with E-state index in [-0.39, 0.29) is 19.1 Å². The van der Waals surface area contributed by atoms with E-state index in [4.69, 9.17) is 15.0 Å². The standard InChI is InChI=1S/C30H45F3N5O4PS/c1-24(20-38-22-37-27-28(34)35-21-36-29(27)38)41-23-43(39,40)42-17-19-44-18-11-9-7-5-3-2-4-6-8-10-12-25-13-15-26(16-14-25)30(31,32)33/h13-16,21-22,24H,2-12,17-20,23H2,1H3,(H,39,40)(H2,34,35,36)/t24-/m1/s1. The highest BCUT2D eigenvalue weighted by atomic mass is 32.2. The van der Waals surface area contributed by atoms with Gasteiger partial charge in [0.2, 0.25) is 0 Å². The van der Waals surface area contributed by atoms with Crippen molar-refractivity contribution in [3.8, 4) is 0 Å². The van der Waals surface area contributed by atoms with E-state index >= 15 is 0 Å². The number of alkyl halides is 3. The number of aromatic nitrogens is 4. The molecule has 246 valence electrons. The first-order valence-electron chi connectivity index (χ1n) is 15.3. The fourth-order valence-electron chi connectivity index (χ4n) is 4.77. The molecule has 3 N–H and O–H groups in total. The maximum atomic E-state index is 12.6. The molecule has 0 aliphatic rings. The van der Waals surface area contributed by atoms with Crippen molar-refractivity contribution < 1.29 is 31.9 Å². The van der Waals surface area contributed by atoms with Crippen molar-refractivity contribution in [2.75, 3.05) is 30.2 Å². The molecule has 0 bridgehead atoms. The highest BCUT2D eigenvalue weighted by Gasteiger charge is 2.29. The van der Waals surface area contributed by atoms with Crippen LogP contribution in [0.3, 0.4) is 0 Å². The molecule has 2 aromatic heterocycles. The largest absolute Gasteiger partial charge is 0.416 e. The third-order valence-corrected chi connectivity index (χ3v) is 9.31.